The van der Waals surface area contributed by atoms with E-state index in [0.717, 1.165) is 16.7 Å². The van der Waals surface area contributed by atoms with Crippen LogP contribution in [0.15, 0.2) is 60.8 Å². The van der Waals surface area contributed by atoms with Gasteiger partial charge in [-0.15, -0.1) is 0 Å². The summed E-state index contributed by atoms with van der Waals surface area (Å²) in [5.74, 6) is 0.847. The van der Waals surface area contributed by atoms with Crippen molar-refractivity contribution in [2.24, 2.45) is 0 Å². The molecule has 23 heavy (non-hydrogen) atoms. The quantitative estimate of drug-likeness (QED) is 0.483. The summed E-state index contributed by atoms with van der Waals surface area (Å²) in [5.41, 5.74) is 1.65. The highest BCUT2D eigenvalue weighted by Gasteiger charge is 2.15. The van der Waals surface area contributed by atoms with Gasteiger partial charge in [-0.3, -0.25) is 4.79 Å². The number of carbonyl (C=O) groups excluding carboxylic acids is 1. The maximum atomic E-state index is 12.4. The van der Waals surface area contributed by atoms with Crippen molar-refractivity contribution in [2.45, 2.75) is 6.54 Å². The Labute approximate surface area is 150 Å². The van der Waals surface area contributed by atoms with Crippen LogP contribution in [-0.4, -0.2) is 12.9 Å². The van der Waals surface area contributed by atoms with Crippen molar-refractivity contribution in [1.29, 1.82) is 0 Å². The lowest BCUT2D eigenvalue weighted by Gasteiger charge is -2.04. The van der Waals surface area contributed by atoms with Crippen molar-refractivity contribution < 1.29 is 31.1 Å². The van der Waals surface area contributed by atoms with Crippen molar-refractivity contribution in [1.82, 2.24) is 0 Å². The number of nitrogens with zero attached hydrogens (tertiary/aromatic N) is 1. The molecule has 5 heteroatoms. The Morgan fingerprint density at radius 1 is 1.13 bits per heavy atom. The summed E-state index contributed by atoms with van der Waals surface area (Å²) in [6.07, 6.45) is 1.91. The first-order valence-electron chi connectivity index (χ1n) is 6.92. The molecular weight excluding hydrogens is 378 g/mol. The third-order valence-corrected chi connectivity index (χ3v) is 3.82. The van der Waals surface area contributed by atoms with Gasteiger partial charge in [-0.05, 0) is 42.5 Å². The van der Waals surface area contributed by atoms with E-state index in [1.165, 1.54) is 0 Å². The first-order valence-corrected chi connectivity index (χ1v) is 7.30. The Balaban J connectivity index is 0.00000192. The zero-order valence-electron chi connectivity index (χ0n) is 12.5. The monoisotopic (exact) mass is 391 g/mol. The molecule has 1 aromatic heterocycles. The number of rotatable bonds is 4. The molecule has 2 aromatic carbocycles. The van der Waals surface area contributed by atoms with Gasteiger partial charge in [0.1, 0.15) is 5.75 Å². The molecule has 0 radical (unpaired) electrons. The van der Waals surface area contributed by atoms with Gasteiger partial charge in [0.25, 0.3) is 0 Å². The number of aromatic nitrogens is 1. The summed E-state index contributed by atoms with van der Waals surface area (Å²) in [7, 11) is 1.64. The van der Waals surface area contributed by atoms with E-state index in [4.69, 9.17) is 16.3 Å². The zero-order chi connectivity index (χ0) is 15.5. The summed E-state index contributed by atoms with van der Waals surface area (Å²) in [6.45, 7) is 0.283. The predicted molar refractivity (Wildman–Crippen MR) is 86.5 cm³/mol. The second kappa shape index (κ2) is 7.57. The molecule has 0 bridgehead atoms. The molecular formula is C18H15BrClNO2. The predicted octanol–water partition coefficient (Wildman–Crippen LogP) is 0.676. The van der Waals surface area contributed by atoms with Gasteiger partial charge in [-0.2, -0.15) is 4.57 Å². The zero-order valence-corrected chi connectivity index (χ0v) is 14.8. The molecule has 0 unspecified atom stereocenters. The van der Waals surface area contributed by atoms with Crippen molar-refractivity contribution >= 4 is 28.3 Å². The van der Waals surface area contributed by atoms with E-state index in [1.54, 1.807) is 31.4 Å². The van der Waals surface area contributed by atoms with Crippen molar-refractivity contribution in [2.75, 3.05) is 7.11 Å². The number of halogens is 2. The smallest absolute Gasteiger partial charge is 0.227 e. The molecule has 0 atom stereocenters. The molecule has 1 heterocycles. The number of hydrogen-bond acceptors (Lipinski definition) is 2. The van der Waals surface area contributed by atoms with Crippen LogP contribution >= 0.6 is 11.6 Å². The topological polar surface area (TPSA) is 30.2 Å². The van der Waals surface area contributed by atoms with E-state index in [-0.39, 0.29) is 29.3 Å². The lowest BCUT2D eigenvalue weighted by molar-refractivity contribution is -0.657. The molecule has 0 saturated heterocycles. The molecule has 0 N–H and O–H groups in total. The third kappa shape index (κ3) is 3.89. The van der Waals surface area contributed by atoms with E-state index >= 15 is 0 Å². The van der Waals surface area contributed by atoms with E-state index in [2.05, 4.69) is 0 Å². The van der Waals surface area contributed by atoms with Gasteiger partial charge in [0, 0.05) is 22.7 Å². The van der Waals surface area contributed by atoms with Gasteiger partial charge < -0.3 is 21.7 Å². The lowest BCUT2D eigenvalue weighted by Crippen LogP contribution is -3.00. The highest BCUT2D eigenvalue weighted by Crippen LogP contribution is 2.18. The standard InChI is InChI=1S/C18H15ClNO2.BrH/c1-22-16-8-9-17-14(11-16)3-2-10-20(17)12-18(21)13-4-6-15(19)7-5-13;/h2-11H,12H2,1H3;1H/q+1;/p-1. The molecule has 0 amide bonds. The van der Waals surface area contributed by atoms with E-state index in [9.17, 15) is 4.79 Å². The van der Waals surface area contributed by atoms with Crippen LogP contribution in [0.5, 0.6) is 5.75 Å². The molecule has 0 aliphatic rings. The molecule has 0 aliphatic carbocycles. The molecule has 3 aromatic rings. The van der Waals surface area contributed by atoms with Gasteiger partial charge in [-0.25, -0.2) is 0 Å². The fourth-order valence-corrected chi connectivity index (χ4v) is 2.53. The lowest BCUT2D eigenvalue weighted by atomic mass is 10.1. The van der Waals surface area contributed by atoms with Crippen LogP contribution < -0.4 is 26.3 Å². The summed E-state index contributed by atoms with van der Waals surface area (Å²) < 4.78 is 7.17. The van der Waals surface area contributed by atoms with Crippen molar-refractivity contribution in [3.8, 4) is 5.75 Å². The first kappa shape index (κ1) is 17.4. The number of carbonyl (C=O) groups is 1. The minimum atomic E-state index is 0. The van der Waals surface area contributed by atoms with E-state index in [0.29, 0.717) is 10.6 Å². The molecule has 3 rings (SSSR count). The Morgan fingerprint density at radius 3 is 2.57 bits per heavy atom. The van der Waals surface area contributed by atoms with Crippen LogP contribution in [0.3, 0.4) is 0 Å². The normalized spacial score (nSPS) is 10.2. The summed E-state index contributed by atoms with van der Waals surface area (Å²) in [4.78, 5) is 12.4. The minimum absolute atomic E-state index is 0. The summed E-state index contributed by atoms with van der Waals surface area (Å²) in [5, 5.41) is 1.66. The molecule has 0 fully saturated rings. The highest BCUT2D eigenvalue weighted by molar-refractivity contribution is 6.30. The average molecular weight is 393 g/mol. The van der Waals surface area contributed by atoms with E-state index < -0.39 is 0 Å². The number of fused-ring (bicyclic) bond motifs is 1. The Morgan fingerprint density at radius 2 is 1.87 bits per heavy atom. The third-order valence-electron chi connectivity index (χ3n) is 3.57. The number of pyridine rings is 1. The molecule has 3 nitrogen and oxygen atoms in total. The van der Waals surface area contributed by atoms with Crippen LogP contribution in [0.1, 0.15) is 10.4 Å². The van der Waals surface area contributed by atoms with Gasteiger partial charge in [0.15, 0.2) is 6.20 Å². The minimum Gasteiger partial charge on any atom is -1.00 e. The maximum absolute atomic E-state index is 12.4. The van der Waals surface area contributed by atoms with Crippen molar-refractivity contribution in [3.63, 3.8) is 0 Å². The number of ether oxygens (including phenoxy) is 1. The Hall–Kier alpha value is -1.91. The molecule has 0 aliphatic heterocycles. The van der Waals surface area contributed by atoms with Crippen LogP contribution in [0, 0.1) is 0 Å². The Bertz CT molecular complexity index is 834. The van der Waals surface area contributed by atoms with Gasteiger partial charge in [-0.1, -0.05) is 11.6 Å². The maximum Gasteiger partial charge on any atom is 0.227 e. The van der Waals surface area contributed by atoms with Crippen LogP contribution in [0.2, 0.25) is 5.02 Å². The number of methoxy groups -OCH3 is 1. The van der Waals surface area contributed by atoms with Crippen LogP contribution in [0.4, 0.5) is 0 Å². The average Bonchev–Trinajstić information content (AvgIpc) is 2.55. The second-order valence-electron chi connectivity index (χ2n) is 4.99. The van der Waals surface area contributed by atoms with Crippen LogP contribution in [-0.2, 0) is 6.54 Å². The SMILES string of the molecule is COc1ccc2c(ccc[n+]2CC(=O)c2ccc(Cl)cc2)c1.[Br-]. The summed E-state index contributed by atoms with van der Waals surface area (Å²) >= 11 is 5.85. The number of ketones is 1. The summed E-state index contributed by atoms with van der Waals surface area (Å²) in [6, 6.07) is 16.7. The number of Topliss-reactive ketones (excluding diaryl/α,β-unsaturated/α-hetero) is 1. The molecule has 0 saturated carbocycles. The second-order valence-corrected chi connectivity index (χ2v) is 5.43. The fraction of sp³-hybridized carbons (Fsp3) is 0.111. The number of hydrogen-bond donors (Lipinski definition) is 0. The van der Waals surface area contributed by atoms with Gasteiger partial charge in [0.2, 0.25) is 17.8 Å². The first-order chi connectivity index (χ1) is 10.7. The number of benzene rings is 2. The van der Waals surface area contributed by atoms with Crippen LogP contribution in [0.25, 0.3) is 10.9 Å². The van der Waals surface area contributed by atoms with E-state index in [1.807, 2.05) is 41.1 Å². The fourth-order valence-electron chi connectivity index (χ4n) is 2.41. The highest BCUT2D eigenvalue weighted by atomic mass is 79.9. The Kier molecular flexibility index (Phi) is 5.74. The largest absolute Gasteiger partial charge is 1.00 e. The molecule has 118 valence electrons. The van der Waals surface area contributed by atoms with Gasteiger partial charge in [0.05, 0.1) is 12.5 Å². The molecule has 0 spiro atoms. The van der Waals surface area contributed by atoms with Crippen molar-refractivity contribution in [3.05, 3.63) is 71.4 Å². The van der Waals surface area contributed by atoms with Gasteiger partial charge >= 0.3 is 0 Å².